The van der Waals surface area contributed by atoms with Gasteiger partial charge in [-0.05, 0) is 33.1 Å². The van der Waals surface area contributed by atoms with Crippen LogP contribution >= 0.6 is 0 Å². The molecule has 1 aliphatic rings. The number of hydrogen-bond donors (Lipinski definition) is 0. The molecule has 0 spiro atoms. The lowest BCUT2D eigenvalue weighted by atomic mass is 9.81. The van der Waals surface area contributed by atoms with Crippen LogP contribution in [-0.2, 0) is 4.79 Å². The topological polar surface area (TPSA) is 44.1 Å². The number of carbonyl (C=O) groups excluding carboxylic acids is 1. The molecular formula is C14H24N2O. The second-order valence-corrected chi connectivity index (χ2v) is 5.21. The van der Waals surface area contributed by atoms with Crippen LogP contribution in [0.15, 0.2) is 0 Å². The van der Waals surface area contributed by atoms with Crippen molar-refractivity contribution in [3.63, 3.8) is 0 Å². The molecule has 0 bridgehead atoms. The molecule has 1 saturated carbocycles. The first kappa shape index (κ1) is 14.0. The molecule has 0 aromatic rings. The van der Waals surface area contributed by atoms with Gasteiger partial charge in [0.2, 0.25) is 5.91 Å². The highest BCUT2D eigenvalue weighted by atomic mass is 16.2. The van der Waals surface area contributed by atoms with Gasteiger partial charge in [-0.3, -0.25) is 4.79 Å². The van der Waals surface area contributed by atoms with Crippen LogP contribution in [0.1, 0.15) is 52.9 Å². The normalized spacial score (nSPS) is 19.6. The third-order valence-electron chi connectivity index (χ3n) is 4.07. The molecule has 3 heteroatoms. The summed E-state index contributed by atoms with van der Waals surface area (Å²) in [5.74, 6) is 0.205. The Bertz CT molecular complexity index is 300. The van der Waals surface area contributed by atoms with E-state index in [-0.39, 0.29) is 17.2 Å². The average molecular weight is 236 g/mol. The number of carbonyl (C=O) groups is 1. The quantitative estimate of drug-likeness (QED) is 0.736. The maximum absolute atomic E-state index is 12.6. The smallest absolute Gasteiger partial charge is 0.228 e. The number of amides is 1. The molecule has 0 N–H and O–H groups in total. The summed E-state index contributed by atoms with van der Waals surface area (Å²) in [5.41, 5.74) is -0.120. The molecule has 96 valence electrons. The largest absolute Gasteiger partial charge is 0.341 e. The van der Waals surface area contributed by atoms with E-state index in [0.717, 1.165) is 19.3 Å². The Balaban J connectivity index is 2.74. The molecule has 0 saturated heterocycles. The summed E-state index contributed by atoms with van der Waals surface area (Å²) >= 11 is 0. The summed E-state index contributed by atoms with van der Waals surface area (Å²) in [6.45, 7) is 7.29. The van der Waals surface area contributed by atoms with Gasteiger partial charge in [-0.2, -0.15) is 5.26 Å². The Kier molecular flexibility index (Phi) is 4.99. The molecule has 0 radical (unpaired) electrons. The van der Waals surface area contributed by atoms with Gasteiger partial charge in [0.05, 0.1) is 12.0 Å². The zero-order valence-electron chi connectivity index (χ0n) is 11.3. The standard InChI is InChI=1S/C14H24N2O/c1-4-14(8-6-7-9-14)13(17)16(5-2)11-12(3)10-15/h12H,4-9,11H2,1-3H3. The van der Waals surface area contributed by atoms with Gasteiger partial charge in [0, 0.05) is 18.5 Å². The van der Waals surface area contributed by atoms with E-state index in [9.17, 15) is 4.79 Å². The molecule has 0 aliphatic heterocycles. The summed E-state index contributed by atoms with van der Waals surface area (Å²) in [6, 6.07) is 2.21. The molecule has 0 heterocycles. The monoisotopic (exact) mass is 236 g/mol. The lowest BCUT2D eigenvalue weighted by Gasteiger charge is -2.33. The van der Waals surface area contributed by atoms with E-state index in [2.05, 4.69) is 13.0 Å². The lowest BCUT2D eigenvalue weighted by molar-refractivity contribution is -0.142. The van der Waals surface area contributed by atoms with Crippen LogP contribution in [0, 0.1) is 22.7 Å². The summed E-state index contributed by atoms with van der Waals surface area (Å²) in [4.78, 5) is 14.5. The van der Waals surface area contributed by atoms with Crippen molar-refractivity contribution in [3.8, 4) is 6.07 Å². The van der Waals surface area contributed by atoms with Gasteiger partial charge in [-0.15, -0.1) is 0 Å². The van der Waals surface area contributed by atoms with Gasteiger partial charge in [0.25, 0.3) is 0 Å². The predicted octanol–water partition coefficient (Wildman–Crippen LogP) is 2.96. The Morgan fingerprint density at radius 3 is 2.41 bits per heavy atom. The summed E-state index contributed by atoms with van der Waals surface area (Å²) < 4.78 is 0. The molecule has 0 aromatic carbocycles. The van der Waals surface area contributed by atoms with Crippen LogP contribution in [0.3, 0.4) is 0 Å². The van der Waals surface area contributed by atoms with Gasteiger partial charge < -0.3 is 4.90 Å². The molecule has 1 unspecified atom stereocenters. The Labute approximate surface area is 105 Å². The van der Waals surface area contributed by atoms with Gasteiger partial charge in [0.15, 0.2) is 0 Å². The van der Waals surface area contributed by atoms with Crippen LogP contribution in [0.5, 0.6) is 0 Å². The average Bonchev–Trinajstić information content (AvgIpc) is 2.84. The first-order valence-corrected chi connectivity index (χ1v) is 6.78. The van der Waals surface area contributed by atoms with E-state index >= 15 is 0 Å². The second-order valence-electron chi connectivity index (χ2n) is 5.21. The van der Waals surface area contributed by atoms with E-state index in [1.165, 1.54) is 12.8 Å². The first-order valence-electron chi connectivity index (χ1n) is 6.78. The number of rotatable bonds is 5. The van der Waals surface area contributed by atoms with Crippen molar-refractivity contribution in [2.75, 3.05) is 13.1 Å². The molecule has 0 aromatic heterocycles. The van der Waals surface area contributed by atoms with Crippen molar-refractivity contribution in [1.29, 1.82) is 5.26 Å². The maximum Gasteiger partial charge on any atom is 0.228 e. The maximum atomic E-state index is 12.6. The minimum atomic E-state index is -0.120. The van der Waals surface area contributed by atoms with Crippen molar-refractivity contribution >= 4 is 5.91 Å². The van der Waals surface area contributed by atoms with Gasteiger partial charge >= 0.3 is 0 Å². The second kappa shape index (κ2) is 6.05. The Morgan fingerprint density at radius 2 is 2.00 bits per heavy atom. The highest BCUT2D eigenvalue weighted by molar-refractivity contribution is 5.83. The SMILES string of the molecule is CCN(CC(C)C#N)C(=O)C1(CC)CCCC1. The molecule has 1 rings (SSSR count). The third kappa shape index (κ3) is 3.00. The highest BCUT2D eigenvalue weighted by Gasteiger charge is 2.41. The molecule has 1 atom stereocenters. The number of nitrogens with zero attached hydrogens (tertiary/aromatic N) is 2. The Hall–Kier alpha value is -1.04. The van der Waals surface area contributed by atoms with Crippen molar-refractivity contribution in [2.24, 2.45) is 11.3 Å². The number of hydrogen-bond acceptors (Lipinski definition) is 2. The summed E-state index contributed by atoms with van der Waals surface area (Å²) in [5, 5.41) is 8.86. The van der Waals surface area contributed by atoms with E-state index in [1.54, 1.807) is 0 Å². The van der Waals surface area contributed by atoms with Crippen molar-refractivity contribution < 1.29 is 4.79 Å². The van der Waals surface area contributed by atoms with Crippen molar-refractivity contribution in [2.45, 2.75) is 52.9 Å². The first-order chi connectivity index (χ1) is 8.09. The van der Waals surface area contributed by atoms with Crippen molar-refractivity contribution in [3.05, 3.63) is 0 Å². The molecule has 1 amide bonds. The van der Waals surface area contributed by atoms with Crippen LogP contribution < -0.4 is 0 Å². The fourth-order valence-electron chi connectivity index (χ4n) is 2.83. The van der Waals surface area contributed by atoms with Gasteiger partial charge in [0.1, 0.15) is 0 Å². The van der Waals surface area contributed by atoms with Gasteiger partial charge in [-0.25, -0.2) is 0 Å². The molecule has 1 fully saturated rings. The van der Waals surface area contributed by atoms with Crippen molar-refractivity contribution in [1.82, 2.24) is 4.90 Å². The molecule has 1 aliphatic carbocycles. The zero-order chi connectivity index (χ0) is 12.9. The molecular weight excluding hydrogens is 212 g/mol. The minimum absolute atomic E-state index is 0.0748. The zero-order valence-corrected chi connectivity index (χ0v) is 11.3. The third-order valence-corrected chi connectivity index (χ3v) is 4.07. The Morgan fingerprint density at radius 1 is 1.41 bits per heavy atom. The fraction of sp³-hybridized carbons (Fsp3) is 0.857. The fourth-order valence-corrected chi connectivity index (χ4v) is 2.83. The predicted molar refractivity (Wildman–Crippen MR) is 68.2 cm³/mol. The van der Waals surface area contributed by atoms with E-state index in [0.29, 0.717) is 13.1 Å². The lowest BCUT2D eigenvalue weighted by Crippen LogP contribution is -2.44. The van der Waals surface area contributed by atoms with Gasteiger partial charge in [-0.1, -0.05) is 19.8 Å². The van der Waals surface area contributed by atoms with E-state index < -0.39 is 0 Å². The molecule has 3 nitrogen and oxygen atoms in total. The highest BCUT2D eigenvalue weighted by Crippen LogP contribution is 2.42. The summed E-state index contributed by atoms with van der Waals surface area (Å²) in [7, 11) is 0. The van der Waals surface area contributed by atoms with Crippen LogP contribution in [0.4, 0.5) is 0 Å². The van der Waals surface area contributed by atoms with E-state index in [4.69, 9.17) is 5.26 Å². The van der Waals surface area contributed by atoms with Crippen LogP contribution in [0.25, 0.3) is 0 Å². The number of nitriles is 1. The van der Waals surface area contributed by atoms with Crippen LogP contribution in [0.2, 0.25) is 0 Å². The summed E-state index contributed by atoms with van der Waals surface area (Å²) in [6.07, 6.45) is 5.33. The minimum Gasteiger partial charge on any atom is -0.341 e. The van der Waals surface area contributed by atoms with Crippen LogP contribution in [-0.4, -0.2) is 23.9 Å². The molecule has 17 heavy (non-hydrogen) atoms. The van der Waals surface area contributed by atoms with E-state index in [1.807, 2.05) is 18.7 Å².